The Bertz CT molecular complexity index is 681. The summed E-state index contributed by atoms with van der Waals surface area (Å²) >= 11 is 0. The summed E-state index contributed by atoms with van der Waals surface area (Å²) in [6, 6.07) is 11.7. The number of carbonyl (C=O) groups excluding carboxylic acids is 1. The van der Waals surface area contributed by atoms with Gasteiger partial charge in [-0.05, 0) is 11.6 Å². The third-order valence-electron chi connectivity index (χ3n) is 3.48. The van der Waals surface area contributed by atoms with Crippen LogP contribution in [0, 0.1) is 0 Å². The van der Waals surface area contributed by atoms with E-state index >= 15 is 0 Å². The van der Waals surface area contributed by atoms with E-state index in [0.29, 0.717) is 5.56 Å². The molecule has 0 bridgehead atoms. The van der Waals surface area contributed by atoms with Crippen molar-refractivity contribution < 1.29 is 24.5 Å². The fourth-order valence-corrected chi connectivity index (χ4v) is 2.39. The van der Waals surface area contributed by atoms with Gasteiger partial charge >= 0.3 is 0 Å². The van der Waals surface area contributed by atoms with Gasteiger partial charge in [0.1, 0.15) is 5.75 Å². The van der Waals surface area contributed by atoms with Crippen LogP contribution in [0.4, 0.5) is 0 Å². The van der Waals surface area contributed by atoms with Gasteiger partial charge in [0.2, 0.25) is 0 Å². The van der Waals surface area contributed by atoms with Crippen molar-refractivity contribution in [2.75, 3.05) is 7.11 Å². The summed E-state index contributed by atoms with van der Waals surface area (Å²) in [6.45, 7) is 0. The van der Waals surface area contributed by atoms with Gasteiger partial charge < -0.3 is 19.7 Å². The minimum atomic E-state index is -1.31. The summed E-state index contributed by atoms with van der Waals surface area (Å²) in [4.78, 5) is 12.3. The van der Waals surface area contributed by atoms with Gasteiger partial charge in [-0.15, -0.1) is 0 Å². The number of methoxy groups -OCH3 is 1. The van der Waals surface area contributed by atoms with Gasteiger partial charge in [-0.2, -0.15) is 0 Å². The van der Waals surface area contributed by atoms with Gasteiger partial charge in [-0.1, -0.05) is 30.3 Å². The zero-order valence-corrected chi connectivity index (χ0v) is 11.3. The highest BCUT2D eigenvalue weighted by Crippen LogP contribution is 2.41. The molecular formula is C16H14O5. The first kappa shape index (κ1) is 13.5. The minimum absolute atomic E-state index is 0.146. The largest absolute Gasteiger partial charge is 0.504 e. The van der Waals surface area contributed by atoms with Gasteiger partial charge in [0, 0.05) is 6.07 Å². The van der Waals surface area contributed by atoms with E-state index < -0.39 is 18.0 Å². The smallest absolute Gasteiger partial charge is 0.199 e. The number of hydrogen-bond donors (Lipinski definition) is 2. The molecule has 3 rings (SSSR count). The van der Waals surface area contributed by atoms with Crippen LogP contribution in [0.5, 0.6) is 17.2 Å². The molecular weight excluding hydrogens is 272 g/mol. The molecule has 5 nitrogen and oxygen atoms in total. The van der Waals surface area contributed by atoms with Crippen molar-refractivity contribution in [3.63, 3.8) is 0 Å². The van der Waals surface area contributed by atoms with E-state index in [4.69, 9.17) is 9.47 Å². The Morgan fingerprint density at radius 2 is 1.90 bits per heavy atom. The molecule has 108 valence electrons. The standard InChI is InChI=1S/C16H14O5/c1-20-13-8-12-10(7-11(13)17)14(18)15(19)16(21-12)9-5-3-2-4-6-9/h2-8,15-17,19H,1H3/t15-,16+/m0/s1. The highest BCUT2D eigenvalue weighted by molar-refractivity contribution is 6.03. The molecule has 2 N–H and O–H groups in total. The first-order chi connectivity index (χ1) is 10.1. The maximum absolute atomic E-state index is 12.3. The number of carbonyl (C=O) groups is 1. The number of benzene rings is 2. The highest BCUT2D eigenvalue weighted by atomic mass is 16.5. The lowest BCUT2D eigenvalue weighted by Gasteiger charge is -2.30. The van der Waals surface area contributed by atoms with Crippen molar-refractivity contribution in [1.82, 2.24) is 0 Å². The molecule has 0 fully saturated rings. The molecule has 5 heteroatoms. The van der Waals surface area contributed by atoms with Crippen LogP contribution in [-0.4, -0.2) is 29.2 Å². The number of ketones is 1. The lowest BCUT2D eigenvalue weighted by molar-refractivity contribution is 0.0214. The zero-order valence-electron chi connectivity index (χ0n) is 11.3. The van der Waals surface area contributed by atoms with Crippen molar-refractivity contribution in [3.8, 4) is 17.2 Å². The van der Waals surface area contributed by atoms with Crippen LogP contribution in [-0.2, 0) is 0 Å². The molecule has 0 aliphatic carbocycles. The summed E-state index contributed by atoms with van der Waals surface area (Å²) in [5, 5.41) is 19.9. The van der Waals surface area contributed by atoms with E-state index in [1.54, 1.807) is 12.1 Å². The molecule has 1 aliphatic rings. The van der Waals surface area contributed by atoms with Crippen molar-refractivity contribution in [3.05, 3.63) is 53.6 Å². The number of phenolic OH excluding ortho intramolecular Hbond substituents is 1. The minimum Gasteiger partial charge on any atom is -0.504 e. The molecule has 2 aromatic carbocycles. The number of fused-ring (bicyclic) bond motifs is 1. The number of aliphatic hydroxyl groups excluding tert-OH is 1. The Hall–Kier alpha value is -2.53. The van der Waals surface area contributed by atoms with E-state index in [9.17, 15) is 15.0 Å². The van der Waals surface area contributed by atoms with Crippen molar-refractivity contribution >= 4 is 5.78 Å². The second-order valence-corrected chi connectivity index (χ2v) is 4.78. The average Bonchev–Trinajstić information content (AvgIpc) is 2.52. The highest BCUT2D eigenvalue weighted by Gasteiger charge is 2.37. The fourth-order valence-electron chi connectivity index (χ4n) is 2.39. The van der Waals surface area contributed by atoms with E-state index in [-0.39, 0.29) is 22.8 Å². The third kappa shape index (κ3) is 2.21. The first-order valence-corrected chi connectivity index (χ1v) is 6.46. The molecule has 0 aromatic heterocycles. The number of ether oxygens (including phenoxy) is 2. The van der Waals surface area contributed by atoms with Crippen LogP contribution in [0.3, 0.4) is 0 Å². The molecule has 0 radical (unpaired) electrons. The Labute approximate surface area is 121 Å². The molecule has 1 aliphatic heterocycles. The number of Topliss-reactive ketones (excluding diaryl/α,β-unsaturated/α-hetero) is 1. The van der Waals surface area contributed by atoms with Crippen molar-refractivity contribution in [2.45, 2.75) is 12.2 Å². The lowest BCUT2D eigenvalue weighted by Crippen LogP contribution is -2.36. The van der Waals surface area contributed by atoms with E-state index in [2.05, 4.69) is 0 Å². The second kappa shape index (κ2) is 5.10. The summed E-state index contributed by atoms with van der Waals surface area (Å²) in [7, 11) is 1.41. The molecule has 0 amide bonds. The molecule has 0 saturated heterocycles. The number of aromatic hydroxyl groups is 1. The topological polar surface area (TPSA) is 76.0 Å². The summed E-state index contributed by atoms with van der Waals surface area (Å²) in [6.07, 6.45) is -2.09. The molecule has 0 spiro atoms. The van der Waals surface area contributed by atoms with Crippen molar-refractivity contribution in [1.29, 1.82) is 0 Å². The predicted molar refractivity (Wildman–Crippen MR) is 74.8 cm³/mol. The van der Waals surface area contributed by atoms with E-state index in [1.165, 1.54) is 19.2 Å². The van der Waals surface area contributed by atoms with Crippen LogP contribution in [0.25, 0.3) is 0 Å². The molecule has 0 saturated carbocycles. The molecule has 2 atom stereocenters. The summed E-state index contributed by atoms with van der Waals surface area (Å²) in [5.41, 5.74) is 0.851. The lowest BCUT2D eigenvalue weighted by atomic mass is 9.93. The summed E-state index contributed by atoms with van der Waals surface area (Å²) in [5.74, 6) is -0.153. The molecule has 21 heavy (non-hydrogen) atoms. The monoisotopic (exact) mass is 286 g/mol. The molecule has 1 heterocycles. The predicted octanol–water partition coefficient (Wildman–Crippen LogP) is 2.08. The normalized spacial score (nSPS) is 20.6. The number of hydrogen-bond acceptors (Lipinski definition) is 5. The SMILES string of the molecule is COc1cc2c(cc1O)C(=O)[C@H](O)[C@@H](c1ccccc1)O2. The van der Waals surface area contributed by atoms with Crippen LogP contribution in [0.15, 0.2) is 42.5 Å². The van der Waals surface area contributed by atoms with Gasteiger partial charge in [0.25, 0.3) is 0 Å². The Morgan fingerprint density at radius 1 is 1.19 bits per heavy atom. The molecule has 0 unspecified atom stereocenters. The second-order valence-electron chi connectivity index (χ2n) is 4.78. The fraction of sp³-hybridized carbons (Fsp3) is 0.188. The van der Waals surface area contributed by atoms with E-state index in [1.807, 2.05) is 18.2 Å². The third-order valence-corrected chi connectivity index (χ3v) is 3.48. The van der Waals surface area contributed by atoms with Gasteiger partial charge in [0.05, 0.1) is 12.7 Å². The van der Waals surface area contributed by atoms with E-state index in [0.717, 1.165) is 0 Å². The number of rotatable bonds is 2. The summed E-state index contributed by atoms with van der Waals surface area (Å²) < 4.78 is 10.7. The van der Waals surface area contributed by atoms with Crippen LogP contribution < -0.4 is 9.47 Å². The quantitative estimate of drug-likeness (QED) is 0.884. The Kier molecular flexibility index (Phi) is 3.27. The van der Waals surface area contributed by atoms with Crippen LogP contribution in [0.1, 0.15) is 22.0 Å². The van der Waals surface area contributed by atoms with Gasteiger partial charge in [0.15, 0.2) is 29.5 Å². The maximum atomic E-state index is 12.3. The zero-order chi connectivity index (χ0) is 15.0. The maximum Gasteiger partial charge on any atom is 0.199 e. The number of aliphatic hydroxyl groups is 1. The molecule has 2 aromatic rings. The van der Waals surface area contributed by atoms with Crippen LogP contribution >= 0.6 is 0 Å². The van der Waals surface area contributed by atoms with Crippen molar-refractivity contribution in [2.24, 2.45) is 0 Å². The van der Waals surface area contributed by atoms with Gasteiger partial charge in [-0.3, -0.25) is 4.79 Å². The van der Waals surface area contributed by atoms with Crippen LogP contribution in [0.2, 0.25) is 0 Å². The number of phenols is 1. The Balaban J connectivity index is 2.06. The Morgan fingerprint density at radius 3 is 2.57 bits per heavy atom. The van der Waals surface area contributed by atoms with Gasteiger partial charge in [-0.25, -0.2) is 0 Å². The average molecular weight is 286 g/mol. The first-order valence-electron chi connectivity index (χ1n) is 6.46.